The molecule has 11 heavy (non-hydrogen) atoms. The Kier molecular flexibility index (Phi) is 1.21. The van der Waals surface area contributed by atoms with Crippen molar-refractivity contribution in [1.82, 2.24) is 20.3 Å². The monoisotopic (exact) mass is 154 g/mol. The molecule has 0 spiro atoms. The van der Waals surface area contributed by atoms with Crippen LogP contribution in [0.5, 0.6) is 0 Å². The zero-order valence-corrected chi connectivity index (χ0v) is 6.44. The summed E-state index contributed by atoms with van der Waals surface area (Å²) in [5.41, 5.74) is 3.11. The molecule has 1 aliphatic heterocycles. The number of fused-ring (bicyclic) bond motifs is 1. The summed E-state index contributed by atoms with van der Waals surface area (Å²) < 4.78 is 0. The summed E-state index contributed by atoms with van der Waals surface area (Å²) in [6.45, 7) is 4.15. The highest BCUT2D eigenvalue weighted by molar-refractivity contribution is 5.29. The molecule has 0 amide bonds. The topological polar surface area (TPSA) is 67.7 Å². The van der Waals surface area contributed by atoms with Gasteiger partial charge in [-0.1, -0.05) is 5.10 Å². The Hall–Kier alpha value is -1.33. The predicted molar refractivity (Wildman–Crippen MR) is 39.7 cm³/mol. The van der Waals surface area contributed by atoms with E-state index in [4.69, 9.17) is 0 Å². The summed E-state index contributed by atoms with van der Waals surface area (Å²) >= 11 is 0. The van der Waals surface area contributed by atoms with Crippen molar-refractivity contribution in [1.29, 1.82) is 0 Å². The van der Waals surface area contributed by atoms with E-state index < -0.39 is 0 Å². The lowest BCUT2D eigenvalue weighted by Gasteiger charge is -2.28. The molecule has 0 aromatic carbocycles. The molecule has 6 nitrogen and oxygen atoms in total. The molecule has 0 fully saturated rings. The van der Waals surface area contributed by atoms with Crippen molar-refractivity contribution < 1.29 is 0 Å². The van der Waals surface area contributed by atoms with Crippen molar-refractivity contribution in [2.24, 2.45) is 0 Å². The highest BCUT2D eigenvalue weighted by atomic mass is 15.7. The van der Waals surface area contributed by atoms with E-state index in [1.807, 2.05) is 0 Å². The van der Waals surface area contributed by atoms with Gasteiger partial charge in [0, 0.05) is 6.04 Å². The number of nitrogens with zero attached hydrogens (tertiary/aromatic N) is 4. The number of rotatable bonds is 0. The predicted octanol–water partition coefficient (Wildman–Crippen LogP) is -0.581. The Balaban J connectivity index is 2.30. The SMILES string of the molecule is C[C@@H]1Nn2nnnc2N[C@@H]1C. The molecule has 0 saturated heterocycles. The Bertz CT molecular complexity index is 231. The summed E-state index contributed by atoms with van der Waals surface area (Å²) in [4.78, 5) is 1.55. The van der Waals surface area contributed by atoms with Crippen LogP contribution in [0.2, 0.25) is 0 Å². The molecular formula is C5H10N6. The molecular weight excluding hydrogens is 144 g/mol. The first-order valence-corrected chi connectivity index (χ1v) is 3.59. The second-order valence-corrected chi connectivity index (χ2v) is 2.77. The zero-order valence-electron chi connectivity index (χ0n) is 6.44. The maximum Gasteiger partial charge on any atom is 0.263 e. The molecule has 60 valence electrons. The quantitative estimate of drug-likeness (QED) is 0.523. The van der Waals surface area contributed by atoms with Crippen LogP contribution in [-0.2, 0) is 0 Å². The molecule has 0 saturated carbocycles. The largest absolute Gasteiger partial charge is 0.347 e. The smallest absolute Gasteiger partial charge is 0.263 e. The van der Waals surface area contributed by atoms with Gasteiger partial charge in [-0.15, -0.1) is 4.79 Å². The third-order valence-corrected chi connectivity index (χ3v) is 1.90. The normalized spacial score (nSPS) is 28.5. The van der Waals surface area contributed by atoms with Crippen LogP contribution in [0.1, 0.15) is 13.8 Å². The van der Waals surface area contributed by atoms with Crippen molar-refractivity contribution in [3.8, 4) is 0 Å². The van der Waals surface area contributed by atoms with Crippen molar-refractivity contribution in [3.63, 3.8) is 0 Å². The Labute approximate surface area is 63.9 Å². The molecule has 0 aliphatic carbocycles. The van der Waals surface area contributed by atoms with E-state index in [2.05, 4.69) is 40.1 Å². The fraction of sp³-hybridized carbons (Fsp3) is 0.800. The lowest BCUT2D eigenvalue weighted by atomic mass is 10.2. The lowest BCUT2D eigenvalue weighted by molar-refractivity contribution is 0.535. The summed E-state index contributed by atoms with van der Waals surface area (Å²) in [5.74, 6) is 0.676. The number of aromatic nitrogens is 4. The summed E-state index contributed by atoms with van der Waals surface area (Å²) in [6.07, 6.45) is 0. The Morgan fingerprint density at radius 3 is 3.00 bits per heavy atom. The second-order valence-electron chi connectivity index (χ2n) is 2.77. The first kappa shape index (κ1) is 6.38. The molecule has 2 heterocycles. The van der Waals surface area contributed by atoms with Crippen LogP contribution < -0.4 is 10.7 Å². The standard InChI is InChI=1S/C5H10N6/c1-3-4(2)8-11-5(6-3)7-9-10-11/h3-4,8H,1-2H3,(H,6,7,10)/t3-,4+/m1/s1. The highest BCUT2D eigenvalue weighted by Gasteiger charge is 2.21. The molecule has 6 heteroatoms. The van der Waals surface area contributed by atoms with Gasteiger partial charge in [0.15, 0.2) is 0 Å². The van der Waals surface area contributed by atoms with Crippen LogP contribution >= 0.6 is 0 Å². The van der Waals surface area contributed by atoms with Crippen LogP contribution in [0.4, 0.5) is 5.95 Å². The van der Waals surface area contributed by atoms with Crippen molar-refractivity contribution in [2.75, 3.05) is 10.7 Å². The van der Waals surface area contributed by atoms with Gasteiger partial charge in [-0.05, 0) is 24.3 Å². The van der Waals surface area contributed by atoms with Crippen LogP contribution in [-0.4, -0.2) is 32.4 Å². The second kappa shape index (κ2) is 2.08. The van der Waals surface area contributed by atoms with Gasteiger partial charge < -0.3 is 10.7 Å². The maximum atomic E-state index is 3.77. The van der Waals surface area contributed by atoms with E-state index in [0.29, 0.717) is 18.0 Å². The van der Waals surface area contributed by atoms with Gasteiger partial charge in [-0.2, -0.15) is 0 Å². The molecule has 2 atom stereocenters. The van der Waals surface area contributed by atoms with Gasteiger partial charge >= 0.3 is 0 Å². The fourth-order valence-electron chi connectivity index (χ4n) is 0.997. The number of hydrogen-bond acceptors (Lipinski definition) is 5. The highest BCUT2D eigenvalue weighted by Crippen LogP contribution is 2.09. The van der Waals surface area contributed by atoms with E-state index in [1.165, 1.54) is 0 Å². The minimum atomic E-state index is 0.339. The molecule has 1 aromatic heterocycles. The van der Waals surface area contributed by atoms with Crippen molar-refractivity contribution in [3.05, 3.63) is 0 Å². The Morgan fingerprint density at radius 1 is 1.36 bits per heavy atom. The number of anilines is 1. The third-order valence-electron chi connectivity index (χ3n) is 1.90. The fourth-order valence-corrected chi connectivity index (χ4v) is 0.997. The van der Waals surface area contributed by atoms with Crippen LogP contribution in [0, 0.1) is 0 Å². The summed E-state index contributed by atoms with van der Waals surface area (Å²) in [6, 6.07) is 0.694. The average Bonchev–Trinajstić information content (AvgIpc) is 2.36. The maximum absolute atomic E-state index is 3.77. The van der Waals surface area contributed by atoms with Gasteiger partial charge in [-0.25, -0.2) is 0 Å². The number of nitrogens with one attached hydrogen (secondary N) is 2. The first-order chi connectivity index (χ1) is 5.27. The third kappa shape index (κ3) is 0.903. The molecule has 2 N–H and O–H groups in total. The van der Waals surface area contributed by atoms with E-state index >= 15 is 0 Å². The van der Waals surface area contributed by atoms with E-state index in [1.54, 1.807) is 4.79 Å². The lowest BCUT2D eigenvalue weighted by Crippen LogP contribution is -2.45. The van der Waals surface area contributed by atoms with E-state index in [0.717, 1.165) is 0 Å². The minimum absolute atomic E-state index is 0.339. The van der Waals surface area contributed by atoms with Crippen LogP contribution in [0.15, 0.2) is 0 Å². The van der Waals surface area contributed by atoms with Gasteiger partial charge in [0.25, 0.3) is 5.95 Å². The van der Waals surface area contributed by atoms with Crippen molar-refractivity contribution >= 4 is 5.95 Å². The minimum Gasteiger partial charge on any atom is -0.347 e. The average molecular weight is 154 g/mol. The molecule has 1 aromatic rings. The van der Waals surface area contributed by atoms with Gasteiger partial charge in [0.1, 0.15) is 0 Å². The van der Waals surface area contributed by atoms with Crippen molar-refractivity contribution in [2.45, 2.75) is 25.9 Å². The van der Waals surface area contributed by atoms with E-state index in [-0.39, 0.29) is 0 Å². The molecule has 0 radical (unpaired) electrons. The molecule has 2 rings (SSSR count). The van der Waals surface area contributed by atoms with Gasteiger partial charge in [0.05, 0.1) is 6.04 Å². The number of hydrogen-bond donors (Lipinski definition) is 2. The zero-order chi connectivity index (χ0) is 7.84. The first-order valence-electron chi connectivity index (χ1n) is 3.59. The van der Waals surface area contributed by atoms with Crippen LogP contribution in [0.25, 0.3) is 0 Å². The van der Waals surface area contributed by atoms with Crippen LogP contribution in [0.3, 0.4) is 0 Å². The Morgan fingerprint density at radius 2 is 2.18 bits per heavy atom. The van der Waals surface area contributed by atoms with E-state index in [9.17, 15) is 0 Å². The molecule has 1 aliphatic rings. The number of tetrazole rings is 1. The summed E-state index contributed by atoms with van der Waals surface area (Å²) in [5, 5.41) is 14.2. The summed E-state index contributed by atoms with van der Waals surface area (Å²) in [7, 11) is 0. The molecule has 0 bridgehead atoms. The van der Waals surface area contributed by atoms with Gasteiger partial charge in [-0.3, -0.25) is 0 Å². The molecule has 0 unspecified atom stereocenters. The van der Waals surface area contributed by atoms with Gasteiger partial charge in [0.2, 0.25) is 0 Å².